The van der Waals surface area contributed by atoms with Gasteiger partial charge in [0.1, 0.15) is 0 Å². The number of hydrogen-bond acceptors (Lipinski definition) is 5. The fourth-order valence-corrected chi connectivity index (χ4v) is 3.87. The summed E-state index contributed by atoms with van der Waals surface area (Å²) < 4.78 is 7.26. The number of carbonyl (C=O) groups is 1. The fourth-order valence-electron chi connectivity index (χ4n) is 3.87. The van der Waals surface area contributed by atoms with Gasteiger partial charge in [-0.25, -0.2) is 0 Å². The Labute approximate surface area is 153 Å². The van der Waals surface area contributed by atoms with Crippen LogP contribution in [-0.4, -0.2) is 43.3 Å². The van der Waals surface area contributed by atoms with E-state index in [-0.39, 0.29) is 5.91 Å². The van der Waals surface area contributed by atoms with Crippen molar-refractivity contribution in [3.8, 4) is 0 Å². The lowest BCUT2D eigenvalue weighted by Crippen LogP contribution is -2.36. The van der Waals surface area contributed by atoms with E-state index in [1.165, 1.54) is 12.8 Å². The molecular weight excluding hydrogens is 330 g/mol. The van der Waals surface area contributed by atoms with E-state index < -0.39 is 0 Å². The predicted molar refractivity (Wildman–Crippen MR) is 95.6 cm³/mol. The molecule has 2 aromatic rings. The van der Waals surface area contributed by atoms with Crippen LogP contribution in [0, 0.1) is 13.8 Å². The maximum absolute atomic E-state index is 12.7. The molecular formula is C19H27N5O2. The zero-order valence-electron chi connectivity index (χ0n) is 15.6. The molecule has 1 amide bonds. The molecule has 1 saturated heterocycles. The van der Waals surface area contributed by atoms with Gasteiger partial charge >= 0.3 is 0 Å². The van der Waals surface area contributed by atoms with Gasteiger partial charge in [0.2, 0.25) is 11.8 Å². The van der Waals surface area contributed by atoms with Crippen LogP contribution in [-0.2, 0) is 17.8 Å². The number of rotatable bonds is 7. The molecule has 0 radical (unpaired) electrons. The molecule has 2 aliphatic rings. The Bertz CT molecular complexity index is 777. The highest BCUT2D eigenvalue weighted by Crippen LogP contribution is 2.38. The standard InChI is InChI=1S/C19H27N5O2/c1-13-12-14(2)24(21-13)11-9-18(25)23-10-3-4-16(23)7-8-17-20-19(26-22-17)15-5-6-15/h12,15-16H,3-11H2,1-2H3. The Morgan fingerprint density at radius 1 is 1.31 bits per heavy atom. The molecule has 7 heteroatoms. The fraction of sp³-hybridized carbons (Fsp3) is 0.684. The van der Waals surface area contributed by atoms with E-state index in [4.69, 9.17) is 4.52 Å². The quantitative estimate of drug-likeness (QED) is 0.761. The van der Waals surface area contributed by atoms with Crippen molar-refractivity contribution in [2.75, 3.05) is 6.54 Å². The monoisotopic (exact) mass is 357 g/mol. The van der Waals surface area contributed by atoms with Crippen molar-refractivity contribution in [3.05, 3.63) is 29.2 Å². The van der Waals surface area contributed by atoms with Gasteiger partial charge < -0.3 is 9.42 Å². The summed E-state index contributed by atoms with van der Waals surface area (Å²) in [4.78, 5) is 19.2. The van der Waals surface area contributed by atoms with Crippen LogP contribution in [0.2, 0.25) is 0 Å². The van der Waals surface area contributed by atoms with Crippen LogP contribution in [0.4, 0.5) is 0 Å². The minimum Gasteiger partial charge on any atom is -0.340 e. The van der Waals surface area contributed by atoms with Crippen molar-refractivity contribution in [2.24, 2.45) is 0 Å². The van der Waals surface area contributed by atoms with Gasteiger partial charge in [0.15, 0.2) is 5.82 Å². The Hall–Kier alpha value is -2.18. The van der Waals surface area contributed by atoms with Gasteiger partial charge in [-0.05, 0) is 52.0 Å². The minimum atomic E-state index is 0.229. The smallest absolute Gasteiger partial charge is 0.229 e. The van der Waals surface area contributed by atoms with Crippen LogP contribution in [0.5, 0.6) is 0 Å². The molecule has 1 aliphatic carbocycles. The Balaban J connectivity index is 1.29. The van der Waals surface area contributed by atoms with Gasteiger partial charge in [-0.1, -0.05) is 5.16 Å². The van der Waals surface area contributed by atoms with Gasteiger partial charge in [-0.2, -0.15) is 10.1 Å². The Kier molecular flexibility index (Phi) is 4.78. The van der Waals surface area contributed by atoms with E-state index in [2.05, 4.69) is 15.2 Å². The highest BCUT2D eigenvalue weighted by atomic mass is 16.5. The normalized spacial score (nSPS) is 20.1. The highest BCUT2D eigenvalue weighted by Gasteiger charge is 2.31. The third kappa shape index (κ3) is 3.81. The molecule has 140 valence electrons. The van der Waals surface area contributed by atoms with Crippen molar-refractivity contribution in [3.63, 3.8) is 0 Å². The average molecular weight is 357 g/mol. The number of aromatic nitrogens is 4. The molecule has 1 saturated carbocycles. The summed E-state index contributed by atoms with van der Waals surface area (Å²) in [7, 11) is 0. The van der Waals surface area contributed by atoms with E-state index >= 15 is 0 Å². The second-order valence-corrected chi connectivity index (χ2v) is 7.65. The summed E-state index contributed by atoms with van der Waals surface area (Å²) in [6, 6.07) is 2.34. The molecule has 0 aromatic carbocycles. The van der Waals surface area contributed by atoms with E-state index in [1.807, 2.05) is 29.5 Å². The first kappa shape index (κ1) is 17.2. The molecule has 2 aromatic heterocycles. The number of carbonyl (C=O) groups excluding carboxylic acids is 1. The largest absolute Gasteiger partial charge is 0.340 e. The van der Waals surface area contributed by atoms with Crippen LogP contribution in [0.3, 0.4) is 0 Å². The molecule has 2 fully saturated rings. The van der Waals surface area contributed by atoms with E-state index in [1.54, 1.807) is 0 Å². The Morgan fingerprint density at radius 2 is 2.15 bits per heavy atom. The second kappa shape index (κ2) is 7.21. The summed E-state index contributed by atoms with van der Waals surface area (Å²) in [6.45, 7) is 5.52. The average Bonchev–Trinajstić information content (AvgIpc) is 3.04. The molecule has 26 heavy (non-hydrogen) atoms. The summed E-state index contributed by atoms with van der Waals surface area (Å²) in [5, 5.41) is 8.54. The van der Waals surface area contributed by atoms with Crippen LogP contribution < -0.4 is 0 Å². The number of amides is 1. The van der Waals surface area contributed by atoms with Gasteiger partial charge in [-0.3, -0.25) is 9.48 Å². The number of hydrogen-bond donors (Lipinski definition) is 0. The molecule has 0 bridgehead atoms. The van der Waals surface area contributed by atoms with Crippen molar-refractivity contribution in [1.29, 1.82) is 0 Å². The van der Waals surface area contributed by atoms with Crippen molar-refractivity contribution in [1.82, 2.24) is 24.8 Å². The van der Waals surface area contributed by atoms with Crippen LogP contribution in [0.15, 0.2) is 10.6 Å². The van der Waals surface area contributed by atoms with Crippen LogP contribution in [0.25, 0.3) is 0 Å². The van der Waals surface area contributed by atoms with Gasteiger partial charge in [0, 0.05) is 43.6 Å². The van der Waals surface area contributed by atoms with Crippen molar-refractivity contribution in [2.45, 2.75) is 77.3 Å². The molecule has 1 atom stereocenters. The topological polar surface area (TPSA) is 77.0 Å². The van der Waals surface area contributed by atoms with Gasteiger partial charge in [0.05, 0.1) is 5.69 Å². The van der Waals surface area contributed by atoms with E-state index in [0.29, 0.717) is 24.9 Å². The molecule has 0 N–H and O–H groups in total. The summed E-state index contributed by atoms with van der Waals surface area (Å²) >= 11 is 0. The Morgan fingerprint density at radius 3 is 2.88 bits per heavy atom. The van der Waals surface area contributed by atoms with E-state index in [0.717, 1.165) is 55.3 Å². The first-order valence-electron chi connectivity index (χ1n) is 9.73. The number of aryl methyl sites for hydroxylation is 4. The zero-order valence-corrected chi connectivity index (χ0v) is 15.6. The molecule has 1 unspecified atom stereocenters. The second-order valence-electron chi connectivity index (χ2n) is 7.65. The maximum atomic E-state index is 12.7. The highest BCUT2D eigenvalue weighted by molar-refractivity contribution is 5.76. The minimum absolute atomic E-state index is 0.229. The first-order valence-corrected chi connectivity index (χ1v) is 9.73. The first-order chi connectivity index (χ1) is 12.6. The summed E-state index contributed by atoms with van der Waals surface area (Å²) in [5.41, 5.74) is 2.11. The number of likely N-dealkylation sites (tertiary alicyclic amines) is 1. The SMILES string of the molecule is Cc1cc(C)n(CCC(=O)N2CCCC2CCc2noc(C3CC3)n2)n1. The zero-order chi connectivity index (χ0) is 18.1. The number of nitrogens with zero attached hydrogens (tertiary/aromatic N) is 5. The van der Waals surface area contributed by atoms with Gasteiger partial charge in [0.25, 0.3) is 0 Å². The third-order valence-corrected chi connectivity index (χ3v) is 5.45. The maximum Gasteiger partial charge on any atom is 0.229 e. The van der Waals surface area contributed by atoms with Crippen LogP contribution in [0.1, 0.15) is 67.5 Å². The molecule has 3 heterocycles. The van der Waals surface area contributed by atoms with Gasteiger partial charge in [-0.15, -0.1) is 0 Å². The summed E-state index contributed by atoms with van der Waals surface area (Å²) in [5.74, 6) is 2.31. The molecule has 4 rings (SSSR count). The van der Waals surface area contributed by atoms with Crippen molar-refractivity contribution >= 4 is 5.91 Å². The summed E-state index contributed by atoms with van der Waals surface area (Å²) in [6.07, 6.45) is 6.68. The molecule has 0 spiro atoms. The lowest BCUT2D eigenvalue weighted by molar-refractivity contribution is -0.132. The van der Waals surface area contributed by atoms with Crippen LogP contribution >= 0.6 is 0 Å². The predicted octanol–water partition coefficient (Wildman–Crippen LogP) is 2.77. The lowest BCUT2D eigenvalue weighted by Gasteiger charge is -2.24. The van der Waals surface area contributed by atoms with E-state index in [9.17, 15) is 4.79 Å². The molecule has 7 nitrogen and oxygen atoms in total. The lowest BCUT2D eigenvalue weighted by atomic mass is 10.1. The molecule has 1 aliphatic heterocycles. The van der Waals surface area contributed by atoms with Crippen molar-refractivity contribution < 1.29 is 9.32 Å². The third-order valence-electron chi connectivity index (χ3n) is 5.45.